The van der Waals surface area contributed by atoms with Crippen molar-refractivity contribution in [2.24, 2.45) is 0 Å². The standard InChI is InChI=1S/C14H20N4O3/c1-5-10-7-11-13(20)18(9-12(19)21-6-2)15-14(16(3)4)17(11)8-10/h7-8H,5-6,9H2,1-4H3. The monoisotopic (exact) mass is 292 g/mol. The highest BCUT2D eigenvalue weighted by atomic mass is 16.5. The number of anilines is 1. The highest BCUT2D eigenvalue weighted by molar-refractivity contribution is 5.69. The molecule has 114 valence electrons. The lowest BCUT2D eigenvalue weighted by atomic mass is 10.3. The zero-order valence-electron chi connectivity index (χ0n) is 12.8. The SMILES string of the molecule is CCOC(=O)Cn1nc(N(C)C)n2cc(CC)cc2c1=O. The van der Waals surface area contributed by atoms with Gasteiger partial charge >= 0.3 is 5.97 Å². The van der Waals surface area contributed by atoms with E-state index in [2.05, 4.69) is 5.10 Å². The normalized spacial score (nSPS) is 10.9. The molecule has 0 N–H and O–H groups in total. The van der Waals surface area contributed by atoms with Gasteiger partial charge in [0.15, 0.2) is 0 Å². The quantitative estimate of drug-likeness (QED) is 0.758. The number of fused-ring (bicyclic) bond motifs is 1. The maximum Gasteiger partial charge on any atom is 0.327 e. The maximum atomic E-state index is 12.4. The second-order valence-corrected chi connectivity index (χ2v) is 4.92. The number of aromatic nitrogens is 3. The van der Waals surface area contributed by atoms with Gasteiger partial charge in [-0.1, -0.05) is 6.92 Å². The van der Waals surface area contributed by atoms with Gasteiger partial charge in [-0.3, -0.25) is 14.0 Å². The molecule has 21 heavy (non-hydrogen) atoms. The van der Waals surface area contributed by atoms with Gasteiger partial charge in [0.05, 0.1) is 6.61 Å². The molecule has 0 aliphatic carbocycles. The van der Waals surface area contributed by atoms with Gasteiger partial charge in [-0.15, -0.1) is 5.10 Å². The first-order valence-corrected chi connectivity index (χ1v) is 6.93. The van der Waals surface area contributed by atoms with E-state index < -0.39 is 5.97 Å². The van der Waals surface area contributed by atoms with E-state index >= 15 is 0 Å². The summed E-state index contributed by atoms with van der Waals surface area (Å²) in [6, 6.07) is 1.83. The Morgan fingerprint density at radius 1 is 1.38 bits per heavy atom. The average Bonchev–Trinajstić information content (AvgIpc) is 2.86. The lowest BCUT2D eigenvalue weighted by molar-refractivity contribution is -0.144. The van der Waals surface area contributed by atoms with Gasteiger partial charge in [0.25, 0.3) is 5.56 Å². The predicted molar refractivity (Wildman–Crippen MR) is 79.8 cm³/mol. The summed E-state index contributed by atoms with van der Waals surface area (Å²) in [5.74, 6) is 0.122. The predicted octanol–water partition coefficient (Wildman–Crippen LogP) is 0.687. The van der Waals surface area contributed by atoms with Gasteiger partial charge in [0, 0.05) is 20.3 Å². The molecule has 0 spiro atoms. The summed E-state index contributed by atoms with van der Waals surface area (Å²) in [6.07, 6.45) is 2.72. The van der Waals surface area contributed by atoms with Crippen molar-refractivity contribution < 1.29 is 9.53 Å². The van der Waals surface area contributed by atoms with Gasteiger partial charge in [-0.25, -0.2) is 4.68 Å². The number of ether oxygens (including phenoxy) is 1. The van der Waals surface area contributed by atoms with Crippen molar-refractivity contribution in [1.82, 2.24) is 14.2 Å². The number of hydrogen-bond donors (Lipinski definition) is 0. The largest absolute Gasteiger partial charge is 0.465 e. The van der Waals surface area contributed by atoms with Crippen LogP contribution in [0.5, 0.6) is 0 Å². The van der Waals surface area contributed by atoms with Crippen LogP contribution in [0.15, 0.2) is 17.1 Å². The van der Waals surface area contributed by atoms with Crippen molar-refractivity contribution in [3.05, 3.63) is 28.2 Å². The van der Waals surface area contributed by atoms with E-state index in [4.69, 9.17) is 4.74 Å². The van der Waals surface area contributed by atoms with Gasteiger partial charge < -0.3 is 9.64 Å². The van der Waals surface area contributed by atoms with E-state index in [0.717, 1.165) is 16.7 Å². The molecule has 0 aliphatic rings. The molecule has 7 heteroatoms. The number of hydrogen-bond acceptors (Lipinski definition) is 5. The first-order chi connectivity index (χ1) is 9.97. The molecule has 0 radical (unpaired) electrons. The van der Waals surface area contributed by atoms with Crippen LogP contribution in [0.1, 0.15) is 19.4 Å². The molecule has 0 aliphatic heterocycles. The smallest absolute Gasteiger partial charge is 0.327 e. The Labute approximate surface area is 122 Å². The van der Waals surface area contributed by atoms with Crippen LogP contribution < -0.4 is 10.5 Å². The Hall–Kier alpha value is -2.31. The average molecular weight is 292 g/mol. The molecule has 0 aromatic carbocycles. The van der Waals surface area contributed by atoms with E-state index in [1.807, 2.05) is 33.3 Å². The molecule has 2 aromatic rings. The Balaban J connectivity index is 2.59. The van der Waals surface area contributed by atoms with E-state index in [9.17, 15) is 9.59 Å². The Kier molecular flexibility index (Phi) is 4.30. The summed E-state index contributed by atoms with van der Waals surface area (Å²) in [4.78, 5) is 25.8. The highest BCUT2D eigenvalue weighted by Crippen LogP contribution is 2.13. The summed E-state index contributed by atoms with van der Waals surface area (Å²) >= 11 is 0. The van der Waals surface area contributed by atoms with Crippen LogP contribution >= 0.6 is 0 Å². The lowest BCUT2D eigenvalue weighted by Gasteiger charge is -2.15. The fourth-order valence-corrected chi connectivity index (χ4v) is 2.12. The molecule has 0 unspecified atom stereocenters. The maximum absolute atomic E-state index is 12.4. The molecule has 0 bridgehead atoms. The minimum atomic E-state index is -0.469. The molecule has 2 aromatic heterocycles. The molecule has 0 amide bonds. The summed E-state index contributed by atoms with van der Waals surface area (Å²) < 4.78 is 7.79. The third kappa shape index (κ3) is 2.91. The van der Waals surface area contributed by atoms with Crippen LogP contribution in [-0.2, 0) is 22.5 Å². The summed E-state index contributed by atoms with van der Waals surface area (Å²) in [5.41, 5.74) is 1.26. The highest BCUT2D eigenvalue weighted by Gasteiger charge is 2.15. The number of rotatable bonds is 5. The fourth-order valence-electron chi connectivity index (χ4n) is 2.12. The summed E-state index contributed by atoms with van der Waals surface area (Å²) in [7, 11) is 3.68. The van der Waals surface area contributed by atoms with Crippen LogP contribution in [0.2, 0.25) is 0 Å². The number of nitrogens with zero attached hydrogens (tertiary/aromatic N) is 4. The van der Waals surface area contributed by atoms with Crippen molar-refractivity contribution in [2.45, 2.75) is 26.8 Å². The summed E-state index contributed by atoms with van der Waals surface area (Å²) in [5, 5.41) is 4.26. The van der Waals surface area contributed by atoms with Crippen LogP contribution in [0.4, 0.5) is 5.95 Å². The Morgan fingerprint density at radius 2 is 2.10 bits per heavy atom. The molecule has 2 heterocycles. The van der Waals surface area contributed by atoms with Crippen LogP contribution in [0.3, 0.4) is 0 Å². The third-order valence-corrected chi connectivity index (χ3v) is 3.15. The Morgan fingerprint density at radius 3 is 2.67 bits per heavy atom. The van der Waals surface area contributed by atoms with E-state index in [-0.39, 0.29) is 18.7 Å². The van der Waals surface area contributed by atoms with Gasteiger partial charge in [0.1, 0.15) is 12.1 Å². The number of carbonyl (C=O) groups is 1. The molecule has 0 atom stereocenters. The fraction of sp³-hybridized carbons (Fsp3) is 0.500. The van der Waals surface area contributed by atoms with Crippen molar-refractivity contribution in [3.8, 4) is 0 Å². The van der Waals surface area contributed by atoms with Crippen LogP contribution in [0.25, 0.3) is 5.52 Å². The molecular formula is C14H20N4O3. The lowest BCUT2D eigenvalue weighted by Crippen LogP contribution is -2.31. The van der Waals surface area contributed by atoms with Crippen molar-refractivity contribution in [3.63, 3.8) is 0 Å². The second-order valence-electron chi connectivity index (χ2n) is 4.92. The summed E-state index contributed by atoms with van der Waals surface area (Å²) in [6.45, 7) is 3.84. The van der Waals surface area contributed by atoms with Gasteiger partial charge in [-0.2, -0.15) is 0 Å². The first-order valence-electron chi connectivity index (χ1n) is 6.93. The minimum absolute atomic E-state index is 0.184. The molecule has 0 saturated carbocycles. The Bertz CT molecular complexity index is 715. The molecule has 2 rings (SSSR count). The zero-order chi connectivity index (χ0) is 15.6. The van der Waals surface area contributed by atoms with Crippen LogP contribution in [0, 0.1) is 0 Å². The van der Waals surface area contributed by atoms with Gasteiger partial charge in [-0.05, 0) is 25.0 Å². The van der Waals surface area contributed by atoms with E-state index in [1.165, 1.54) is 0 Å². The van der Waals surface area contributed by atoms with Crippen molar-refractivity contribution >= 4 is 17.4 Å². The molecule has 7 nitrogen and oxygen atoms in total. The zero-order valence-corrected chi connectivity index (χ0v) is 12.8. The van der Waals surface area contributed by atoms with Gasteiger partial charge in [0.2, 0.25) is 5.95 Å². The van der Waals surface area contributed by atoms with E-state index in [1.54, 1.807) is 16.2 Å². The topological polar surface area (TPSA) is 68.8 Å². The minimum Gasteiger partial charge on any atom is -0.465 e. The van der Waals surface area contributed by atoms with Crippen molar-refractivity contribution in [2.75, 3.05) is 25.6 Å². The van der Waals surface area contributed by atoms with Crippen LogP contribution in [-0.4, -0.2) is 40.9 Å². The van der Waals surface area contributed by atoms with Crippen molar-refractivity contribution in [1.29, 1.82) is 0 Å². The first kappa shape index (κ1) is 15.1. The van der Waals surface area contributed by atoms with E-state index in [0.29, 0.717) is 11.5 Å². The third-order valence-electron chi connectivity index (χ3n) is 3.15. The number of esters is 1. The molecule has 0 saturated heterocycles. The molecular weight excluding hydrogens is 272 g/mol. The second kappa shape index (κ2) is 5.99. The number of aryl methyl sites for hydroxylation is 1. The molecule has 0 fully saturated rings. The number of carbonyl (C=O) groups excluding carboxylic acids is 1.